The maximum atomic E-state index is 12.2. The van der Waals surface area contributed by atoms with E-state index in [1.54, 1.807) is 0 Å². The Balaban J connectivity index is 2.07. The van der Waals surface area contributed by atoms with Crippen molar-refractivity contribution in [2.24, 2.45) is 0 Å². The number of para-hydroxylation sites is 1. The Labute approximate surface area is 153 Å². The fourth-order valence-corrected chi connectivity index (χ4v) is 3.55. The molecular weight excluding hydrogens is 360 g/mol. The lowest BCUT2D eigenvalue weighted by Crippen LogP contribution is -2.33. The fraction of sp³-hybridized carbons (Fsp3) is 0.278. The third-order valence-corrected chi connectivity index (χ3v) is 5.48. The molecule has 7 heteroatoms. The van der Waals surface area contributed by atoms with Gasteiger partial charge in [0, 0.05) is 10.7 Å². The van der Waals surface area contributed by atoms with E-state index in [2.05, 4.69) is 10.0 Å². The summed E-state index contributed by atoms with van der Waals surface area (Å²) >= 11 is 5.76. The molecule has 0 atom stereocenters. The highest BCUT2D eigenvalue weighted by molar-refractivity contribution is 7.89. The molecule has 0 aliphatic carbocycles. The van der Waals surface area contributed by atoms with Gasteiger partial charge in [0.25, 0.3) is 0 Å². The first-order valence-corrected chi connectivity index (χ1v) is 9.89. The molecule has 2 aromatic carbocycles. The van der Waals surface area contributed by atoms with E-state index in [0.717, 1.165) is 29.7 Å². The van der Waals surface area contributed by atoms with Gasteiger partial charge in [-0.3, -0.25) is 4.79 Å². The first-order valence-electron chi connectivity index (χ1n) is 8.03. The zero-order chi connectivity index (χ0) is 18.4. The monoisotopic (exact) mass is 380 g/mol. The summed E-state index contributed by atoms with van der Waals surface area (Å²) in [4.78, 5) is 12.3. The van der Waals surface area contributed by atoms with Crippen molar-refractivity contribution in [3.8, 4) is 0 Å². The average Bonchev–Trinajstić information content (AvgIpc) is 2.60. The molecule has 0 saturated carbocycles. The summed E-state index contributed by atoms with van der Waals surface area (Å²) < 4.78 is 26.7. The molecule has 0 heterocycles. The SMILES string of the molecule is CCc1cccc(CC)c1NC(=O)CNS(=O)(=O)c1ccc(Cl)cc1. The Morgan fingerprint density at radius 1 is 1.00 bits per heavy atom. The number of benzene rings is 2. The quantitative estimate of drug-likeness (QED) is 0.773. The van der Waals surface area contributed by atoms with Gasteiger partial charge in [-0.1, -0.05) is 43.6 Å². The van der Waals surface area contributed by atoms with E-state index in [-0.39, 0.29) is 11.4 Å². The van der Waals surface area contributed by atoms with Crippen molar-refractivity contribution in [2.45, 2.75) is 31.6 Å². The normalized spacial score (nSPS) is 11.3. The summed E-state index contributed by atoms with van der Waals surface area (Å²) in [5.74, 6) is -0.409. The lowest BCUT2D eigenvalue weighted by Gasteiger charge is -2.14. The van der Waals surface area contributed by atoms with Crippen molar-refractivity contribution in [1.82, 2.24) is 4.72 Å². The minimum Gasteiger partial charge on any atom is -0.324 e. The van der Waals surface area contributed by atoms with Crippen molar-refractivity contribution in [3.05, 3.63) is 58.6 Å². The molecule has 0 aliphatic rings. The molecule has 0 radical (unpaired) electrons. The van der Waals surface area contributed by atoms with Gasteiger partial charge in [0.15, 0.2) is 0 Å². The van der Waals surface area contributed by atoms with Gasteiger partial charge in [0.05, 0.1) is 11.4 Å². The first-order chi connectivity index (χ1) is 11.9. The molecule has 0 unspecified atom stereocenters. The molecule has 2 rings (SSSR count). The number of sulfonamides is 1. The molecule has 0 spiro atoms. The smallest absolute Gasteiger partial charge is 0.241 e. The molecule has 0 aliphatic heterocycles. The number of anilines is 1. The third kappa shape index (κ3) is 5.04. The molecule has 0 saturated heterocycles. The number of nitrogens with one attached hydrogen (secondary N) is 2. The second-order valence-corrected chi connectivity index (χ2v) is 7.69. The predicted molar refractivity (Wildman–Crippen MR) is 100 cm³/mol. The van der Waals surface area contributed by atoms with Crippen LogP contribution in [0.5, 0.6) is 0 Å². The minimum atomic E-state index is -3.77. The number of carbonyl (C=O) groups excluding carboxylic acids is 1. The van der Waals surface area contributed by atoms with E-state index >= 15 is 0 Å². The molecule has 25 heavy (non-hydrogen) atoms. The van der Waals surface area contributed by atoms with E-state index < -0.39 is 15.9 Å². The van der Waals surface area contributed by atoms with Crippen LogP contribution in [0, 0.1) is 0 Å². The number of rotatable bonds is 7. The van der Waals surface area contributed by atoms with Crippen LogP contribution in [0.3, 0.4) is 0 Å². The number of amides is 1. The Morgan fingerprint density at radius 2 is 1.56 bits per heavy atom. The minimum absolute atomic E-state index is 0.0629. The summed E-state index contributed by atoms with van der Waals surface area (Å²) in [7, 11) is -3.77. The molecule has 134 valence electrons. The van der Waals surface area contributed by atoms with E-state index in [4.69, 9.17) is 11.6 Å². The van der Waals surface area contributed by atoms with Crippen LogP contribution in [0.4, 0.5) is 5.69 Å². The van der Waals surface area contributed by atoms with Crippen LogP contribution in [0.1, 0.15) is 25.0 Å². The molecule has 1 amide bonds. The van der Waals surface area contributed by atoms with Crippen molar-refractivity contribution >= 4 is 33.2 Å². The predicted octanol–water partition coefficient (Wildman–Crippen LogP) is 3.38. The molecule has 0 fully saturated rings. The van der Waals surface area contributed by atoms with Crippen LogP contribution in [0.15, 0.2) is 47.4 Å². The number of carbonyl (C=O) groups is 1. The summed E-state index contributed by atoms with van der Waals surface area (Å²) in [5, 5.41) is 3.27. The van der Waals surface area contributed by atoms with Crippen molar-refractivity contribution in [2.75, 3.05) is 11.9 Å². The number of hydrogen-bond donors (Lipinski definition) is 2. The fourth-order valence-electron chi connectivity index (χ4n) is 2.44. The first kappa shape index (κ1) is 19.4. The van der Waals surface area contributed by atoms with E-state index in [1.165, 1.54) is 24.3 Å². The second kappa shape index (κ2) is 8.47. The van der Waals surface area contributed by atoms with Gasteiger partial charge in [-0.05, 0) is 48.2 Å². The van der Waals surface area contributed by atoms with Gasteiger partial charge in [-0.25, -0.2) is 13.1 Å². The highest BCUT2D eigenvalue weighted by Gasteiger charge is 2.16. The van der Waals surface area contributed by atoms with Crippen molar-refractivity contribution < 1.29 is 13.2 Å². The molecule has 5 nitrogen and oxygen atoms in total. The summed E-state index contributed by atoms with van der Waals surface area (Å²) in [6.45, 7) is 3.67. The number of halogens is 1. The van der Waals surface area contributed by atoms with E-state index in [9.17, 15) is 13.2 Å². The molecule has 0 bridgehead atoms. The molecule has 2 aromatic rings. The Kier molecular flexibility index (Phi) is 6.58. The van der Waals surface area contributed by atoms with Crippen LogP contribution in [0.2, 0.25) is 5.02 Å². The van der Waals surface area contributed by atoms with E-state index in [1.807, 2.05) is 32.0 Å². The molecule has 0 aromatic heterocycles. The molecule has 2 N–H and O–H groups in total. The average molecular weight is 381 g/mol. The second-order valence-electron chi connectivity index (χ2n) is 5.49. The Morgan fingerprint density at radius 3 is 2.08 bits per heavy atom. The van der Waals surface area contributed by atoms with Gasteiger partial charge >= 0.3 is 0 Å². The largest absolute Gasteiger partial charge is 0.324 e. The Hall–Kier alpha value is -1.89. The topological polar surface area (TPSA) is 75.3 Å². The highest BCUT2D eigenvalue weighted by atomic mass is 35.5. The maximum Gasteiger partial charge on any atom is 0.241 e. The van der Waals surface area contributed by atoms with Gasteiger partial charge in [0.1, 0.15) is 0 Å². The maximum absolute atomic E-state index is 12.2. The third-order valence-electron chi connectivity index (χ3n) is 3.81. The lowest BCUT2D eigenvalue weighted by molar-refractivity contribution is -0.115. The van der Waals surface area contributed by atoms with Crippen LogP contribution >= 0.6 is 11.6 Å². The van der Waals surface area contributed by atoms with Crippen LogP contribution in [0.25, 0.3) is 0 Å². The van der Waals surface area contributed by atoms with E-state index in [0.29, 0.717) is 5.02 Å². The van der Waals surface area contributed by atoms with Gasteiger partial charge in [-0.2, -0.15) is 0 Å². The van der Waals surface area contributed by atoms with Gasteiger partial charge < -0.3 is 5.32 Å². The summed E-state index contributed by atoms with van der Waals surface area (Å²) in [6, 6.07) is 11.6. The number of aryl methyl sites for hydroxylation is 2. The molecular formula is C18H21ClN2O3S. The van der Waals surface area contributed by atoms with Gasteiger partial charge in [0.2, 0.25) is 15.9 Å². The van der Waals surface area contributed by atoms with Crippen molar-refractivity contribution in [1.29, 1.82) is 0 Å². The summed E-state index contributed by atoms with van der Waals surface area (Å²) in [5.41, 5.74) is 2.81. The zero-order valence-electron chi connectivity index (χ0n) is 14.2. The highest BCUT2D eigenvalue weighted by Crippen LogP contribution is 2.22. The van der Waals surface area contributed by atoms with Crippen molar-refractivity contribution in [3.63, 3.8) is 0 Å². The van der Waals surface area contributed by atoms with Crippen LogP contribution in [-0.4, -0.2) is 20.9 Å². The standard InChI is InChI=1S/C18H21ClN2O3S/c1-3-13-6-5-7-14(4-2)18(13)21-17(22)12-20-25(23,24)16-10-8-15(19)9-11-16/h5-11,20H,3-4,12H2,1-2H3,(H,21,22). The van der Waals surface area contributed by atoms with Crippen LogP contribution < -0.4 is 10.0 Å². The Bertz CT molecular complexity index is 827. The van der Waals surface area contributed by atoms with Crippen LogP contribution in [-0.2, 0) is 27.7 Å². The zero-order valence-corrected chi connectivity index (χ0v) is 15.7. The summed E-state index contributed by atoms with van der Waals surface area (Å²) in [6.07, 6.45) is 1.56. The lowest BCUT2D eigenvalue weighted by atomic mass is 10.0. The van der Waals surface area contributed by atoms with Gasteiger partial charge in [-0.15, -0.1) is 0 Å². The number of hydrogen-bond acceptors (Lipinski definition) is 3.